The number of hydrogen-bond donors (Lipinski definition) is 1. The number of nitrogens with zero attached hydrogens (tertiary/aromatic N) is 1. The summed E-state index contributed by atoms with van der Waals surface area (Å²) in [6, 6.07) is 7.76. The highest BCUT2D eigenvalue weighted by Crippen LogP contribution is 2.31. The maximum Gasteiger partial charge on any atom is 0.245 e. The second-order valence-electron chi connectivity index (χ2n) is 5.62. The van der Waals surface area contributed by atoms with Gasteiger partial charge >= 0.3 is 0 Å². The lowest BCUT2D eigenvalue weighted by Crippen LogP contribution is -2.37. The fraction of sp³-hybridized carbons (Fsp3) is 0.235. The molecule has 26 heavy (non-hydrogen) atoms. The van der Waals surface area contributed by atoms with Crippen LogP contribution in [0.5, 0.6) is 5.75 Å². The van der Waals surface area contributed by atoms with Crippen LogP contribution in [-0.4, -0.2) is 34.2 Å². The highest BCUT2D eigenvalue weighted by molar-refractivity contribution is 7.92. The third-order valence-corrected chi connectivity index (χ3v) is 4.62. The summed E-state index contributed by atoms with van der Waals surface area (Å²) in [5.41, 5.74) is 0.990. The standard InChI is InChI=1S/C17H18F2N2O4S/c1-11-4-7-16(25-2)15(8-11)21(26(3,23)24)10-17(22)20-12-5-6-13(18)14(19)9-12/h4-9H,10H2,1-3H3,(H,20,22). The highest BCUT2D eigenvalue weighted by atomic mass is 32.2. The molecule has 0 radical (unpaired) electrons. The maximum absolute atomic E-state index is 13.2. The summed E-state index contributed by atoms with van der Waals surface area (Å²) in [6.45, 7) is 1.21. The zero-order chi connectivity index (χ0) is 19.5. The van der Waals surface area contributed by atoms with Crippen molar-refractivity contribution in [1.29, 1.82) is 0 Å². The van der Waals surface area contributed by atoms with Gasteiger partial charge in [0.1, 0.15) is 12.3 Å². The Morgan fingerprint density at radius 1 is 1.15 bits per heavy atom. The van der Waals surface area contributed by atoms with Gasteiger partial charge in [-0.15, -0.1) is 0 Å². The van der Waals surface area contributed by atoms with Crippen LogP contribution in [0, 0.1) is 18.6 Å². The Bertz CT molecular complexity index is 932. The molecule has 0 saturated heterocycles. The summed E-state index contributed by atoms with van der Waals surface area (Å²) in [5, 5.41) is 2.34. The van der Waals surface area contributed by atoms with E-state index in [4.69, 9.17) is 4.74 Å². The molecule has 140 valence electrons. The number of carbonyl (C=O) groups is 1. The lowest BCUT2D eigenvalue weighted by molar-refractivity contribution is -0.114. The quantitative estimate of drug-likeness (QED) is 0.831. The smallest absolute Gasteiger partial charge is 0.245 e. The van der Waals surface area contributed by atoms with E-state index in [1.165, 1.54) is 13.2 Å². The fourth-order valence-corrected chi connectivity index (χ4v) is 3.13. The third-order valence-electron chi connectivity index (χ3n) is 3.49. The van der Waals surface area contributed by atoms with Crippen LogP contribution >= 0.6 is 0 Å². The van der Waals surface area contributed by atoms with Crippen molar-refractivity contribution in [1.82, 2.24) is 0 Å². The van der Waals surface area contributed by atoms with E-state index in [1.807, 2.05) is 0 Å². The predicted molar refractivity (Wildman–Crippen MR) is 94.9 cm³/mol. The molecule has 0 saturated carbocycles. The van der Waals surface area contributed by atoms with Crippen molar-refractivity contribution in [2.75, 3.05) is 29.5 Å². The van der Waals surface area contributed by atoms with Crippen molar-refractivity contribution < 1.29 is 26.7 Å². The molecule has 0 aliphatic heterocycles. The number of hydrogen-bond acceptors (Lipinski definition) is 4. The molecular formula is C17H18F2N2O4S. The monoisotopic (exact) mass is 384 g/mol. The molecule has 1 amide bonds. The van der Waals surface area contributed by atoms with Crippen LogP contribution in [0.1, 0.15) is 5.56 Å². The van der Waals surface area contributed by atoms with Gasteiger partial charge in [0, 0.05) is 11.8 Å². The zero-order valence-electron chi connectivity index (χ0n) is 14.4. The van der Waals surface area contributed by atoms with Gasteiger partial charge < -0.3 is 10.1 Å². The second kappa shape index (κ2) is 7.69. The molecule has 0 unspecified atom stereocenters. The van der Waals surface area contributed by atoms with Crippen molar-refractivity contribution in [2.45, 2.75) is 6.92 Å². The second-order valence-corrected chi connectivity index (χ2v) is 7.53. The van der Waals surface area contributed by atoms with E-state index >= 15 is 0 Å². The van der Waals surface area contributed by atoms with Crippen molar-refractivity contribution in [3.8, 4) is 5.75 Å². The minimum atomic E-state index is -3.81. The Labute approximate surface area is 150 Å². The van der Waals surface area contributed by atoms with Crippen LogP contribution < -0.4 is 14.4 Å². The minimum absolute atomic E-state index is 0.0126. The van der Waals surface area contributed by atoms with Crippen molar-refractivity contribution >= 4 is 27.3 Å². The molecule has 0 bridgehead atoms. The van der Waals surface area contributed by atoms with Crippen molar-refractivity contribution in [2.24, 2.45) is 0 Å². The Morgan fingerprint density at radius 3 is 2.42 bits per heavy atom. The molecule has 0 fully saturated rings. The average Bonchev–Trinajstić information content (AvgIpc) is 2.55. The van der Waals surface area contributed by atoms with Crippen LogP contribution in [-0.2, 0) is 14.8 Å². The summed E-state index contributed by atoms with van der Waals surface area (Å²) in [6.07, 6.45) is 0.958. The molecule has 0 atom stereocenters. The van der Waals surface area contributed by atoms with Gasteiger partial charge in [0.05, 0.1) is 19.1 Å². The molecule has 2 aromatic carbocycles. The molecular weight excluding hydrogens is 366 g/mol. The van der Waals surface area contributed by atoms with Crippen LogP contribution in [0.3, 0.4) is 0 Å². The van der Waals surface area contributed by atoms with Crippen LogP contribution in [0.25, 0.3) is 0 Å². The molecule has 2 rings (SSSR count). The first-order chi connectivity index (χ1) is 12.1. The minimum Gasteiger partial charge on any atom is -0.495 e. The first kappa shape index (κ1) is 19.6. The van der Waals surface area contributed by atoms with Gasteiger partial charge in [0.25, 0.3) is 0 Å². The van der Waals surface area contributed by atoms with Crippen molar-refractivity contribution in [3.63, 3.8) is 0 Å². The SMILES string of the molecule is COc1ccc(C)cc1N(CC(=O)Nc1ccc(F)c(F)c1)S(C)(=O)=O. The number of rotatable bonds is 6. The zero-order valence-corrected chi connectivity index (χ0v) is 15.2. The largest absolute Gasteiger partial charge is 0.495 e. The Kier molecular flexibility index (Phi) is 5.81. The van der Waals surface area contributed by atoms with Gasteiger partial charge in [-0.05, 0) is 36.8 Å². The first-order valence-electron chi connectivity index (χ1n) is 7.49. The first-order valence-corrected chi connectivity index (χ1v) is 9.34. The van der Waals surface area contributed by atoms with E-state index in [1.54, 1.807) is 25.1 Å². The molecule has 0 spiro atoms. The summed E-state index contributed by atoms with van der Waals surface area (Å²) in [5.74, 6) is -2.61. The topological polar surface area (TPSA) is 75.7 Å². The van der Waals surface area contributed by atoms with Crippen molar-refractivity contribution in [3.05, 3.63) is 53.6 Å². The van der Waals surface area contributed by atoms with E-state index in [0.717, 1.165) is 28.3 Å². The predicted octanol–water partition coefficient (Wildman–Crippen LogP) is 2.69. The summed E-state index contributed by atoms with van der Waals surface area (Å²) in [4.78, 5) is 12.2. The molecule has 2 aromatic rings. The van der Waals surface area contributed by atoms with E-state index < -0.39 is 34.1 Å². The number of amides is 1. The van der Waals surface area contributed by atoms with Crippen LogP contribution in [0.4, 0.5) is 20.2 Å². The number of benzene rings is 2. The number of halogens is 2. The maximum atomic E-state index is 13.2. The Balaban J connectivity index is 2.30. The summed E-state index contributed by atoms with van der Waals surface area (Å²) < 4.78 is 56.6. The number of ether oxygens (including phenoxy) is 1. The third kappa shape index (κ3) is 4.69. The molecule has 0 aliphatic carbocycles. The van der Waals surface area contributed by atoms with E-state index in [2.05, 4.69) is 5.32 Å². The lowest BCUT2D eigenvalue weighted by Gasteiger charge is -2.24. The molecule has 0 aliphatic rings. The lowest BCUT2D eigenvalue weighted by atomic mass is 10.2. The number of anilines is 2. The molecule has 6 nitrogen and oxygen atoms in total. The number of nitrogens with one attached hydrogen (secondary N) is 1. The summed E-state index contributed by atoms with van der Waals surface area (Å²) in [7, 11) is -2.43. The Morgan fingerprint density at radius 2 is 1.85 bits per heavy atom. The van der Waals surface area contributed by atoms with Gasteiger partial charge in [0.15, 0.2) is 11.6 Å². The highest BCUT2D eigenvalue weighted by Gasteiger charge is 2.24. The molecule has 9 heteroatoms. The van der Waals surface area contributed by atoms with Gasteiger partial charge in [-0.25, -0.2) is 17.2 Å². The number of carbonyl (C=O) groups excluding carboxylic acids is 1. The Hall–Kier alpha value is -2.68. The van der Waals surface area contributed by atoms with E-state index in [9.17, 15) is 22.0 Å². The summed E-state index contributed by atoms with van der Waals surface area (Å²) >= 11 is 0. The van der Waals surface area contributed by atoms with Gasteiger partial charge in [-0.3, -0.25) is 9.10 Å². The molecule has 1 N–H and O–H groups in total. The van der Waals surface area contributed by atoms with Gasteiger partial charge in [-0.2, -0.15) is 0 Å². The van der Waals surface area contributed by atoms with E-state index in [0.29, 0.717) is 0 Å². The van der Waals surface area contributed by atoms with Gasteiger partial charge in [0.2, 0.25) is 15.9 Å². The fourth-order valence-electron chi connectivity index (χ4n) is 2.28. The van der Waals surface area contributed by atoms with Crippen LogP contribution in [0.15, 0.2) is 36.4 Å². The number of aryl methyl sites for hydroxylation is 1. The van der Waals surface area contributed by atoms with Gasteiger partial charge in [-0.1, -0.05) is 6.07 Å². The van der Waals surface area contributed by atoms with Crippen LogP contribution in [0.2, 0.25) is 0 Å². The normalized spacial score (nSPS) is 11.1. The molecule has 0 aromatic heterocycles. The number of methoxy groups -OCH3 is 1. The molecule has 0 heterocycles. The average molecular weight is 384 g/mol. The number of sulfonamides is 1. The van der Waals surface area contributed by atoms with E-state index in [-0.39, 0.29) is 17.1 Å².